The van der Waals surface area contributed by atoms with Gasteiger partial charge >= 0.3 is 5.69 Å². The summed E-state index contributed by atoms with van der Waals surface area (Å²) in [6.45, 7) is -0.190. The van der Waals surface area contributed by atoms with Crippen LogP contribution in [0, 0.1) is 0 Å². The Morgan fingerprint density at radius 2 is 2.44 bits per heavy atom. The van der Waals surface area contributed by atoms with Gasteiger partial charge in [0.2, 0.25) is 0 Å². The summed E-state index contributed by atoms with van der Waals surface area (Å²) in [6.07, 6.45) is -0.390. The smallest absolute Gasteiger partial charge is 0.351 e. The summed E-state index contributed by atoms with van der Waals surface area (Å²) in [7, 11) is 0. The number of hydrogen-bond donors (Lipinski definition) is 3. The fourth-order valence-corrected chi connectivity index (χ4v) is 1.72. The minimum absolute atomic E-state index is 0.118. The quantitative estimate of drug-likeness (QED) is 0.565. The van der Waals surface area contributed by atoms with Crippen molar-refractivity contribution in [3.63, 3.8) is 0 Å². The van der Waals surface area contributed by atoms with Crippen molar-refractivity contribution in [1.29, 1.82) is 0 Å². The lowest BCUT2D eigenvalue weighted by molar-refractivity contribution is -0.0529. The number of nitrogens with two attached hydrogens (primary N) is 1. The molecule has 3 atom stereocenters. The van der Waals surface area contributed by atoms with E-state index in [1.807, 2.05) is 0 Å². The first kappa shape index (κ1) is 11.1. The van der Waals surface area contributed by atoms with Crippen molar-refractivity contribution < 1.29 is 14.9 Å². The van der Waals surface area contributed by atoms with Crippen molar-refractivity contribution in [3.05, 3.63) is 22.7 Å². The molecule has 2 rings (SSSR count). The maximum absolute atomic E-state index is 11.5. The van der Waals surface area contributed by atoms with Crippen LogP contribution in [0.5, 0.6) is 0 Å². The second-order valence-corrected chi connectivity index (χ2v) is 3.68. The first-order valence-corrected chi connectivity index (χ1v) is 4.91. The van der Waals surface area contributed by atoms with Crippen molar-refractivity contribution in [1.82, 2.24) is 9.55 Å². The molecule has 16 heavy (non-hydrogen) atoms. The molecule has 0 aromatic carbocycles. The normalized spacial score (nSPS) is 29.5. The summed E-state index contributed by atoms with van der Waals surface area (Å²) in [5.74, 6) is 0.118. The Bertz CT molecular complexity index is 433. The van der Waals surface area contributed by atoms with Crippen molar-refractivity contribution in [2.24, 2.45) is 0 Å². The first-order chi connectivity index (χ1) is 7.61. The molecule has 1 aromatic rings. The van der Waals surface area contributed by atoms with Crippen molar-refractivity contribution in [2.45, 2.75) is 24.9 Å². The molecule has 88 valence electrons. The molecule has 0 spiro atoms. The maximum Gasteiger partial charge on any atom is 0.351 e. The van der Waals surface area contributed by atoms with Crippen LogP contribution in [0.4, 0.5) is 5.82 Å². The zero-order valence-corrected chi connectivity index (χ0v) is 8.48. The van der Waals surface area contributed by atoms with Gasteiger partial charge in [-0.1, -0.05) is 0 Å². The average molecular weight is 227 g/mol. The highest BCUT2D eigenvalue weighted by molar-refractivity contribution is 5.23. The third-order valence-electron chi connectivity index (χ3n) is 2.49. The predicted molar refractivity (Wildman–Crippen MR) is 54.5 cm³/mol. The van der Waals surface area contributed by atoms with Gasteiger partial charge in [0, 0.05) is 12.6 Å². The molecule has 0 saturated carbocycles. The molecule has 1 fully saturated rings. The van der Waals surface area contributed by atoms with Crippen LogP contribution in [-0.2, 0) is 4.74 Å². The molecule has 7 nitrogen and oxygen atoms in total. The van der Waals surface area contributed by atoms with Crippen LogP contribution in [0.15, 0.2) is 17.1 Å². The number of aromatic nitrogens is 2. The number of nitrogen functional groups attached to an aromatic ring is 1. The van der Waals surface area contributed by atoms with E-state index in [9.17, 15) is 9.90 Å². The van der Waals surface area contributed by atoms with Gasteiger partial charge in [0.25, 0.3) is 0 Å². The van der Waals surface area contributed by atoms with Crippen LogP contribution in [-0.4, -0.2) is 38.6 Å². The van der Waals surface area contributed by atoms with Crippen LogP contribution in [0.3, 0.4) is 0 Å². The van der Waals surface area contributed by atoms with E-state index in [-0.39, 0.29) is 18.8 Å². The minimum Gasteiger partial charge on any atom is -0.394 e. The van der Waals surface area contributed by atoms with E-state index >= 15 is 0 Å². The predicted octanol–water partition coefficient (Wildman–Crippen LogP) is -1.53. The summed E-state index contributed by atoms with van der Waals surface area (Å²) in [5, 5.41) is 18.6. The second kappa shape index (κ2) is 4.20. The van der Waals surface area contributed by atoms with Crippen LogP contribution in [0.2, 0.25) is 0 Å². The zero-order valence-electron chi connectivity index (χ0n) is 8.48. The molecule has 7 heteroatoms. The monoisotopic (exact) mass is 227 g/mol. The van der Waals surface area contributed by atoms with Crippen LogP contribution in [0.1, 0.15) is 12.6 Å². The largest absolute Gasteiger partial charge is 0.394 e. The first-order valence-electron chi connectivity index (χ1n) is 4.91. The minimum atomic E-state index is -0.833. The van der Waals surface area contributed by atoms with Gasteiger partial charge in [-0.15, -0.1) is 0 Å². The number of nitrogens with zero attached hydrogens (tertiary/aromatic N) is 2. The summed E-state index contributed by atoms with van der Waals surface area (Å²) >= 11 is 0. The average Bonchev–Trinajstić information content (AvgIpc) is 2.60. The summed E-state index contributed by atoms with van der Waals surface area (Å²) < 4.78 is 6.48. The standard InChI is InChI=1S/C9H13N3O4/c10-7-1-2-12(9(15)11-7)8-6(14)3-5(4-13)16-8/h1-2,5-6,8,13-14H,3-4H2,(H2,10,11,15)/t5-,6?,8+/m0/s1. The van der Waals surface area contributed by atoms with Gasteiger partial charge in [-0.3, -0.25) is 4.57 Å². The van der Waals surface area contributed by atoms with Crippen molar-refractivity contribution in [3.8, 4) is 0 Å². The number of anilines is 1. The third kappa shape index (κ3) is 1.92. The Morgan fingerprint density at radius 1 is 1.69 bits per heavy atom. The van der Waals surface area contributed by atoms with Gasteiger partial charge in [0.15, 0.2) is 6.23 Å². The Balaban J connectivity index is 2.28. The van der Waals surface area contributed by atoms with E-state index in [1.165, 1.54) is 12.3 Å². The van der Waals surface area contributed by atoms with Gasteiger partial charge < -0.3 is 20.7 Å². The Hall–Kier alpha value is -1.44. The highest BCUT2D eigenvalue weighted by Crippen LogP contribution is 2.27. The van der Waals surface area contributed by atoms with E-state index < -0.39 is 24.1 Å². The molecule has 0 aliphatic carbocycles. The lowest BCUT2D eigenvalue weighted by atomic mass is 10.2. The maximum atomic E-state index is 11.5. The Kier molecular flexibility index (Phi) is 2.90. The van der Waals surface area contributed by atoms with Gasteiger partial charge in [0.1, 0.15) is 11.9 Å². The molecule has 0 radical (unpaired) electrons. The Morgan fingerprint density at radius 3 is 3.00 bits per heavy atom. The molecule has 2 heterocycles. The molecule has 1 aliphatic heterocycles. The fourth-order valence-electron chi connectivity index (χ4n) is 1.72. The summed E-state index contributed by atoms with van der Waals surface area (Å²) in [5.41, 5.74) is 4.77. The number of ether oxygens (including phenoxy) is 1. The summed E-state index contributed by atoms with van der Waals surface area (Å²) in [4.78, 5) is 15.0. The fraction of sp³-hybridized carbons (Fsp3) is 0.556. The van der Waals surface area contributed by atoms with Gasteiger partial charge in [-0.2, -0.15) is 4.98 Å². The summed E-state index contributed by atoms with van der Waals surface area (Å²) in [6, 6.07) is 1.45. The topological polar surface area (TPSA) is 111 Å². The molecule has 1 saturated heterocycles. The van der Waals surface area contributed by atoms with Crippen molar-refractivity contribution >= 4 is 5.82 Å². The van der Waals surface area contributed by atoms with Crippen LogP contribution >= 0.6 is 0 Å². The van der Waals surface area contributed by atoms with E-state index in [4.69, 9.17) is 15.6 Å². The van der Waals surface area contributed by atoms with Gasteiger partial charge in [-0.05, 0) is 6.07 Å². The lowest BCUT2D eigenvalue weighted by Gasteiger charge is -2.16. The lowest BCUT2D eigenvalue weighted by Crippen LogP contribution is -2.31. The highest BCUT2D eigenvalue weighted by atomic mass is 16.5. The Labute approximate surface area is 91.1 Å². The molecule has 1 aliphatic rings. The number of aliphatic hydroxyl groups is 2. The molecular weight excluding hydrogens is 214 g/mol. The highest BCUT2D eigenvalue weighted by Gasteiger charge is 2.35. The van der Waals surface area contributed by atoms with Gasteiger partial charge in [-0.25, -0.2) is 4.79 Å². The number of aliphatic hydroxyl groups excluding tert-OH is 2. The molecule has 1 unspecified atom stereocenters. The van der Waals surface area contributed by atoms with Crippen LogP contribution < -0.4 is 11.4 Å². The molecule has 0 amide bonds. The van der Waals surface area contributed by atoms with Crippen LogP contribution in [0.25, 0.3) is 0 Å². The van der Waals surface area contributed by atoms with Crippen molar-refractivity contribution in [2.75, 3.05) is 12.3 Å². The third-order valence-corrected chi connectivity index (χ3v) is 2.49. The second-order valence-electron chi connectivity index (χ2n) is 3.68. The molecule has 0 bridgehead atoms. The van der Waals surface area contributed by atoms with E-state index in [1.54, 1.807) is 0 Å². The van der Waals surface area contributed by atoms with E-state index in [0.717, 1.165) is 4.57 Å². The van der Waals surface area contributed by atoms with E-state index in [0.29, 0.717) is 0 Å². The number of rotatable bonds is 2. The van der Waals surface area contributed by atoms with Gasteiger partial charge in [0.05, 0.1) is 12.7 Å². The van der Waals surface area contributed by atoms with E-state index in [2.05, 4.69) is 4.98 Å². The molecule has 4 N–H and O–H groups in total. The molecular formula is C9H13N3O4. The SMILES string of the molecule is Nc1ccn([C@@H]2O[C@H](CO)CC2O)c(=O)n1. The number of hydrogen-bond acceptors (Lipinski definition) is 6. The molecule has 1 aromatic heterocycles. The zero-order chi connectivity index (χ0) is 11.7.